The molecule has 102 valence electrons. The Morgan fingerprint density at radius 2 is 1.35 bits per heavy atom. The minimum absolute atomic E-state index is 0.152. The van der Waals surface area contributed by atoms with Crippen LogP contribution in [0.2, 0.25) is 0 Å². The molecule has 0 aromatic heterocycles. The van der Waals surface area contributed by atoms with Crippen LogP contribution in [0.1, 0.15) is 20.7 Å². The number of anilines is 1. The first-order valence-corrected chi connectivity index (χ1v) is 7.07. The van der Waals surface area contributed by atoms with Gasteiger partial charge < -0.3 is 10.6 Å². The van der Waals surface area contributed by atoms with Gasteiger partial charge in [0.05, 0.1) is 0 Å². The molecular formula is C15H13IN2O2. The molecule has 0 unspecified atom stereocenters. The van der Waals surface area contributed by atoms with E-state index in [0.29, 0.717) is 16.8 Å². The van der Waals surface area contributed by atoms with Crippen LogP contribution in [0.5, 0.6) is 0 Å². The first kappa shape index (κ1) is 14.5. The summed E-state index contributed by atoms with van der Waals surface area (Å²) < 4.78 is 1.08. The van der Waals surface area contributed by atoms with Crippen molar-refractivity contribution < 1.29 is 9.59 Å². The van der Waals surface area contributed by atoms with Crippen molar-refractivity contribution in [2.75, 3.05) is 12.4 Å². The minimum Gasteiger partial charge on any atom is -0.355 e. The third-order valence-electron chi connectivity index (χ3n) is 2.74. The molecule has 2 N–H and O–H groups in total. The molecule has 0 spiro atoms. The van der Waals surface area contributed by atoms with E-state index in [4.69, 9.17) is 0 Å². The summed E-state index contributed by atoms with van der Waals surface area (Å²) in [5.41, 5.74) is 1.81. The third kappa shape index (κ3) is 3.57. The summed E-state index contributed by atoms with van der Waals surface area (Å²) in [7, 11) is 1.58. The molecule has 2 aromatic carbocycles. The fourth-order valence-electron chi connectivity index (χ4n) is 1.65. The van der Waals surface area contributed by atoms with E-state index in [1.165, 1.54) is 0 Å². The van der Waals surface area contributed by atoms with Crippen LogP contribution in [0.15, 0.2) is 48.5 Å². The second-order valence-corrected chi connectivity index (χ2v) is 5.36. The average molecular weight is 380 g/mol. The summed E-state index contributed by atoms with van der Waals surface area (Å²) in [6.45, 7) is 0. The highest BCUT2D eigenvalue weighted by Crippen LogP contribution is 2.12. The number of nitrogens with one attached hydrogen (secondary N) is 2. The van der Waals surface area contributed by atoms with Gasteiger partial charge in [0.25, 0.3) is 11.8 Å². The van der Waals surface area contributed by atoms with Crippen molar-refractivity contribution in [1.82, 2.24) is 5.32 Å². The summed E-state index contributed by atoms with van der Waals surface area (Å²) in [5.74, 6) is -0.324. The van der Waals surface area contributed by atoms with E-state index in [2.05, 4.69) is 33.2 Å². The number of carbonyl (C=O) groups excluding carboxylic acids is 2. The number of halogens is 1. The summed E-state index contributed by atoms with van der Waals surface area (Å²) in [6.07, 6.45) is 0. The lowest BCUT2D eigenvalue weighted by molar-refractivity contribution is 0.0962. The molecule has 0 bridgehead atoms. The standard InChI is InChI=1S/C15H13IN2O2/c1-17-14(19)10-4-8-13(9-5-10)18-15(20)11-2-6-12(16)7-3-11/h2-9H,1H3,(H,17,19)(H,18,20). The van der Waals surface area contributed by atoms with Crippen LogP contribution >= 0.6 is 22.6 Å². The monoisotopic (exact) mass is 380 g/mol. The molecule has 20 heavy (non-hydrogen) atoms. The Morgan fingerprint density at radius 3 is 1.90 bits per heavy atom. The molecule has 0 aliphatic rings. The Kier molecular flexibility index (Phi) is 4.73. The van der Waals surface area contributed by atoms with E-state index < -0.39 is 0 Å². The van der Waals surface area contributed by atoms with Crippen molar-refractivity contribution >= 4 is 40.1 Å². The van der Waals surface area contributed by atoms with Crippen LogP contribution in [0.4, 0.5) is 5.69 Å². The molecule has 0 radical (unpaired) electrons. The second kappa shape index (κ2) is 6.51. The van der Waals surface area contributed by atoms with Crippen LogP contribution in [0.3, 0.4) is 0 Å². The van der Waals surface area contributed by atoms with Gasteiger partial charge in [0.1, 0.15) is 0 Å². The molecule has 0 aliphatic heterocycles. The zero-order valence-corrected chi connectivity index (χ0v) is 13.0. The van der Waals surface area contributed by atoms with Crippen molar-refractivity contribution in [3.05, 3.63) is 63.2 Å². The van der Waals surface area contributed by atoms with Crippen LogP contribution in [0, 0.1) is 3.57 Å². The quantitative estimate of drug-likeness (QED) is 0.805. The summed E-state index contributed by atoms with van der Waals surface area (Å²) in [5, 5.41) is 5.33. The zero-order valence-electron chi connectivity index (χ0n) is 10.8. The van der Waals surface area contributed by atoms with Gasteiger partial charge in [0.15, 0.2) is 0 Å². The minimum atomic E-state index is -0.172. The Morgan fingerprint density at radius 1 is 0.850 bits per heavy atom. The van der Waals surface area contributed by atoms with E-state index in [1.54, 1.807) is 43.4 Å². The molecule has 2 aromatic rings. The molecule has 0 aliphatic carbocycles. The number of benzene rings is 2. The summed E-state index contributed by atoms with van der Waals surface area (Å²) in [4.78, 5) is 23.4. The van der Waals surface area contributed by atoms with Gasteiger partial charge in [-0.2, -0.15) is 0 Å². The van der Waals surface area contributed by atoms with Crippen molar-refractivity contribution in [3.63, 3.8) is 0 Å². The zero-order chi connectivity index (χ0) is 14.5. The molecule has 4 nitrogen and oxygen atoms in total. The maximum absolute atomic E-state index is 12.0. The SMILES string of the molecule is CNC(=O)c1ccc(NC(=O)c2ccc(I)cc2)cc1. The summed E-state index contributed by atoms with van der Waals surface area (Å²) in [6, 6.07) is 14.1. The van der Waals surface area contributed by atoms with Crippen LogP contribution < -0.4 is 10.6 Å². The van der Waals surface area contributed by atoms with Gasteiger partial charge in [-0.05, 0) is 71.1 Å². The maximum atomic E-state index is 12.0. The number of hydrogen-bond donors (Lipinski definition) is 2. The fraction of sp³-hybridized carbons (Fsp3) is 0.0667. The fourth-order valence-corrected chi connectivity index (χ4v) is 2.01. The number of carbonyl (C=O) groups is 2. The maximum Gasteiger partial charge on any atom is 0.255 e. The van der Waals surface area contributed by atoms with Gasteiger partial charge in [-0.25, -0.2) is 0 Å². The Hall–Kier alpha value is -1.89. The first-order chi connectivity index (χ1) is 9.60. The molecule has 2 amide bonds. The number of rotatable bonds is 3. The van der Waals surface area contributed by atoms with E-state index in [9.17, 15) is 9.59 Å². The highest BCUT2D eigenvalue weighted by molar-refractivity contribution is 14.1. The third-order valence-corrected chi connectivity index (χ3v) is 3.46. The molecule has 5 heteroatoms. The topological polar surface area (TPSA) is 58.2 Å². The molecule has 0 atom stereocenters. The second-order valence-electron chi connectivity index (χ2n) is 4.12. The highest BCUT2D eigenvalue weighted by Gasteiger charge is 2.07. The average Bonchev–Trinajstić information content (AvgIpc) is 2.48. The first-order valence-electron chi connectivity index (χ1n) is 5.99. The van der Waals surface area contributed by atoms with Gasteiger partial charge in [-0.15, -0.1) is 0 Å². The van der Waals surface area contributed by atoms with Crippen molar-refractivity contribution in [2.45, 2.75) is 0 Å². The van der Waals surface area contributed by atoms with E-state index >= 15 is 0 Å². The molecule has 0 fully saturated rings. The molecule has 0 saturated heterocycles. The van der Waals surface area contributed by atoms with Crippen molar-refractivity contribution in [1.29, 1.82) is 0 Å². The van der Waals surface area contributed by atoms with E-state index in [-0.39, 0.29) is 11.8 Å². The van der Waals surface area contributed by atoms with Crippen LogP contribution in [-0.2, 0) is 0 Å². The smallest absolute Gasteiger partial charge is 0.255 e. The Labute approximate surface area is 130 Å². The normalized spacial score (nSPS) is 9.90. The Bertz CT molecular complexity index is 621. The van der Waals surface area contributed by atoms with Crippen molar-refractivity contribution in [3.8, 4) is 0 Å². The summed E-state index contributed by atoms with van der Waals surface area (Å²) >= 11 is 2.19. The van der Waals surface area contributed by atoms with Crippen LogP contribution in [0.25, 0.3) is 0 Å². The van der Waals surface area contributed by atoms with Gasteiger partial charge >= 0.3 is 0 Å². The van der Waals surface area contributed by atoms with Gasteiger partial charge in [-0.3, -0.25) is 9.59 Å². The van der Waals surface area contributed by atoms with Gasteiger partial charge in [0, 0.05) is 27.4 Å². The number of amides is 2. The van der Waals surface area contributed by atoms with E-state index in [1.807, 2.05) is 12.1 Å². The molecule has 2 rings (SSSR count). The lowest BCUT2D eigenvalue weighted by atomic mass is 10.1. The largest absolute Gasteiger partial charge is 0.355 e. The van der Waals surface area contributed by atoms with Gasteiger partial charge in [0.2, 0.25) is 0 Å². The Balaban J connectivity index is 2.08. The lowest BCUT2D eigenvalue weighted by Crippen LogP contribution is -2.17. The predicted octanol–water partition coefficient (Wildman–Crippen LogP) is 2.90. The van der Waals surface area contributed by atoms with Crippen LogP contribution in [-0.4, -0.2) is 18.9 Å². The molecule has 0 saturated carbocycles. The predicted molar refractivity (Wildman–Crippen MR) is 86.9 cm³/mol. The molecular weight excluding hydrogens is 367 g/mol. The van der Waals surface area contributed by atoms with E-state index in [0.717, 1.165) is 3.57 Å². The van der Waals surface area contributed by atoms with Gasteiger partial charge in [-0.1, -0.05) is 0 Å². The highest BCUT2D eigenvalue weighted by atomic mass is 127. The lowest BCUT2D eigenvalue weighted by Gasteiger charge is -2.06. The molecule has 0 heterocycles. The van der Waals surface area contributed by atoms with Crippen molar-refractivity contribution in [2.24, 2.45) is 0 Å². The number of hydrogen-bond acceptors (Lipinski definition) is 2.